The molecule has 10 aromatic carbocycles. The standard InChI is InChI=1S/C65H41NOS/c1-2-14-42(15-3-1)43-27-31-47(32-28-43)66(48-33-29-44(30-34-48)45-16-12-17-46(38-45)62-25-13-37-67-62)49-35-36-54-51-19-5-4-18-50(51)52-20-6-9-23-58(52)65(60(54)39-49)59-24-10-7-21-53(59)56-41-64-57(40-61(56)65)55-22-8-11-26-63(55)68-64/h1-41H. The van der Waals surface area contributed by atoms with E-state index in [1.807, 2.05) is 23.5 Å². The highest BCUT2D eigenvalue weighted by atomic mass is 32.1. The third-order valence-electron chi connectivity index (χ3n) is 14.4. The van der Waals surface area contributed by atoms with Crippen molar-refractivity contribution in [2.24, 2.45) is 0 Å². The lowest BCUT2D eigenvalue weighted by Crippen LogP contribution is -2.29. The van der Waals surface area contributed by atoms with Crippen LogP contribution in [0.4, 0.5) is 17.1 Å². The molecule has 12 aromatic rings. The highest BCUT2D eigenvalue weighted by Gasteiger charge is 2.50. The molecule has 2 nitrogen and oxygen atoms in total. The minimum absolute atomic E-state index is 0.643. The van der Waals surface area contributed by atoms with Crippen molar-refractivity contribution in [1.82, 2.24) is 0 Å². The first-order chi connectivity index (χ1) is 33.7. The van der Waals surface area contributed by atoms with Gasteiger partial charge in [-0.2, -0.15) is 0 Å². The molecule has 2 aliphatic carbocycles. The zero-order valence-corrected chi connectivity index (χ0v) is 37.8. The molecule has 2 aromatic heterocycles. The number of thiophene rings is 1. The number of anilines is 3. The molecule has 3 heteroatoms. The molecule has 1 spiro atoms. The molecule has 2 heterocycles. The van der Waals surface area contributed by atoms with Crippen LogP contribution in [0.2, 0.25) is 0 Å². The minimum Gasteiger partial charge on any atom is -0.464 e. The Balaban J connectivity index is 1.03. The van der Waals surface area contributed by atoms with E-state index in [-0.39, 0.29) is 0 Å². The summed E-state index contributed by atoms with van der Waals surface area (Å²) < 4.78 is 8.41. The van der Waals surface area contributed by atoms with Crippen LogP contribution in [-0.4, -0.2) is 0 Å². The van der Waals surface area contributed by atoms with Crippen molar-refractivity contribution < 1.29 is 4.42 Å². The number of hydrogen-bond acceptors (Lipinski definition) is 3. The van der Waals surface area contributed by atoms with Crippen LogP contribution in [0.5, 0.6) is 0 Å². The quantitative estimate of drug-likeness (QED) is 0.165. The highest BCUT2D eigenvalue weighted by molar-refractivity contribution is 7.25. The van der Waals surface area contributed by atoms with Gasteiger partial charge in [-0.15, -0.1) is 11.3 Å². The smallest absolute Gasteiger partial charge is 0.133 e. The predicted molar refractivity (Wildman–Crippen MR) is 284 cm³/mol. The van der Waals surface area contributed by atoms with E-state index < -0.39 is 5.41 Å². The van der Waals surface area contributed by atoms with E-state index in [9.17, 15) is 0 Å². The summed E-state index contributed by atoms with van der Waals surface area (Å²) in [7, 11) is 0. The van der Waals surface area contributed by atoms with Crippen molar-refractivity contribution in [3.63, 3.8) is 0 Å². The van der Waals surface area contributed by atoms with Crippen LogP contribution in [0.25, 0.3) is 87.1 Å². The van der Waals surface area contributed by atoms with Crippen molar-refractivity contribution in [3.05, 3.63) is 271 Å². The van der Waals surface area contributed by atoms with Crippen LogP contribution in [-0.2, 0) is 5.41 Å². The Morgan fingerprint density at radius 3 is 1.56 bits per heavy atom. The summed E-state index contributed by atoms with van der Waals surface area (Å²) in [6, 6.07) is 89.8. The molecule has 1 atom stereocenters. The fourth-order valence-electron chi connectivity index (χ4n) is 11.4. The lowest BCUT2D eigenvalue weighted by molar-refractivity contribution is 0.582. The zero-order valence-electron chi connectivity index (χ0n) is 36.9. The summed E-state index contributed by atoms with van der Waals surface area (Å²) in [4.78, 5) is 2.44. The van der Waals surface area contributed by atoms with Crippen LogP contribution in [0.15, 0.2) is 253 Å². The first-order valence-electron chi connectivity index (χ1n) is 23.3. The van der Waals surface area contributed by atoms with E-state index in [0.29, 0.717) is 0 Å². The van der Waals surface area contributed by atoms with Gasteiger partial charge in [-0.1, -0.05) is 170 Å². The number of nitrogens with zero attached hydrogens (tertiary/aromatic N) is 1. The largest absolute Gasteiger partial charge is 0.464 e. The van der Waals surface area contributed by atoms with E-state index in [2.05, 4.69) is 235 Å². The van der Waals surface area contributed by atoms with Gasteiger partial charge in [0.15, 0.2) is 0 Å². The van der Waals surface area contributed by atoms with Crippen LogP contribution in [0.3, 0.4) is 0 Å². The van der Waals surface area contributed by atoms with Crippen molar-refractivity contribution in [2.75, 3.05) is 4.90 Å². The Labute approximate surface area is 399 Å². The predicted octanol–water partition coefficient (Wildman–Crippen LogP) is 18.1. The van der Waals surface area contributed by atoms with Gasteiger partial charge in [0.25, 0.3) is 0 Å². The normalized spacial score (nSPS) is 14.2. The maximum atomic E-state index is 5.78. The van der Waals surface area contributed by atoms with Gasteiger partial charge in [-0.25, -0.2) is 0 Å². The average Bonchev–Trinajstić information content (AvgIpc) is 4.14. The summed E-state index contributed by atoms with van der Waals surface area (Å²) >= 11 is 1.89. The first-order valence-corrected chi connectivity index (χ1v) is 24.1. The number of benzene rings is 10. The Morgan fingerprint density at radius 1 is 0.309 bits per heavy atom. The summed E-state index contributed by atoms with van der Waals surface area (Å²) in [5.41, 5.74) is 21.1. The molecule has 0 bridgehead atoms. The Kier molecular flexibility index (Phi) is 8.71. The van der Waals surface area contributed by atoms with E-state index in [0.717, 1.165) is 39.5 Å². The fraction of sp³-hybridized carbons (Fsp3) is 0.0154. The second kappa shape index (κ2) is 15.3. The zero-order chi connectivity index (χ0) is 44.8. The maximum Gasteiger partial charge on any atom is 0.133 e. The molecular formula is C65H41NOS. The molecule has 0 aliphatic heterocycles. The monoisotopic (exact) mass is 883 g/mol. The Morgan fingerprint density at radius 2 is 0.853 bits per heavy atom. The van der Waals surface area contributed by atoms with E-state index >= 15 is 0 Å². The summed E-state index contributed by atoms with van der Waals surface area (Å²) in [6.07, 6.45) is 1.73. The van der Waals surface area contributed by atoms with Crippen LogP contribution < -0.4 is 4.90 Å². The van der Waals surface area contributed by atoms with E-state index in [4.69, 9.17) is 4.42 Å². The van der Waals surface area contributed by atoms with Gasteiger partial charge in [0.05, 0.1) is 11.7 Å². The molecule has 1 unspecified atom stereocenters. The molecule has 0 amide bonds. The lowest BCUT2D eigenvalue weighted by Gasteiger charge is -2.36. The highest BCUT2D eigenvalue weighted by Crippen LogP contribution is 2.63. The molecule has 0 radical (unpaired) electrons. The SMILES string of the molecule is c1ccc(-c2ccc(N(c3ccc(-c4cccc(-c5ccco5)c4)cc3)c3ccc4c(c3)C3(c5ccccc5-c5ccccc5-4)c4ccccc4-c4cc5sc6ccccc6c5cc43)cc2)cc1. The molecule has 0 fully saturated rings. The molecule has 68 heavy (non-hydrogen) atoms. The number of hydrogen-bond donors (Lipinski definition) is 0. The average molecular weight is 884 g/mol. The van der Waals surface area contributed by atoms with Gasteiger partial charge < -0.3 is 9.32 Å². The summed E-state index contributed by atoms with van der Waals surface area (Å²) in [5, 5.41) is 2.62. The molecular weight excluding hydrogens is 843 g/mol. The third kappa shape index (κ3) is 5.83. The second-order valence-electron chi connectivity index (χ2n) is 18.0. The van der Waals surface area contributed by atoms with Gasteiger partial charge in [-0.05, 0) is 151 Å². The first kappa shape index (κ1) is 38.7. The molecule has 2 aliphatic rings. The van der Waals surface area contributed by atoms with Crippen LogP contribution in [0.1, 0.15) is 22.3 Å². The molecule has 14 rings (SSSR count). The van der Waals surface area contributed by atoms with Gasteiger partial charge in [0.2, 0.25) is 0 Å². The van der Waals surface area contributed by atoms with Crippen LogP contribution >= 0.6 is 11.3 Å². The Bertz CT molecular complexity index is 3900. The van der Waals surface area contributed by atoms with E-state index in [1.165, 1.54) is 86.9 Å². The van der Waals surface area contributed by atoms with Gasteiger partial charge in [0, 0.05) is 42.8 Å². The number of furan rings is 1. The van der Waals surface area contributed by atoms with Crippen molar-refractivity contribution >= 4 is 48.6 Å². The van der Waals surface area contributed by atoms with Gasteiger partial charge in [-0.3, -0.25) is 0 Å². The molecule has 0 saturated carbocycles. The molecule has 318 valence electrons. The third-order valence-corrected chi connectivity index (χ3v) is 15.5. The van der Waals surface area contributed by atoms with E-state index in [1.54, 1.807) is 6.26 Å². The number of fused-ring (bicyclic) bond motifs is 15. The second-order valence-corrected chi connectivity index (χ2v) is 19.0. The van der Waals surface area contributed by atoms with Crippen LogP contribution in [0, 0.1) is 0 Å². The minimum atomic E-state index is -0.643. The van der Waals surface area contributed by atoms with Gasteiger partial charge >= 0.3 is 0 Å². The summed E-state index contributed by atoms with van der Waals surface area (Å²) in [6.45, 7) is 0. The lowest BCUT2D eigenvalue weighted by atomic mass is 9.65. The summed E-state index contributed by atoms with van der Waals surface area (Å²) in [5.74, 6) is 0.862. The van der Waals surface area contributed by atoms with Gasteiger partial charge in [0.1, 0.15) is 5.76 Å². The van der Waals surface area contributed by atoms with Crippen molar-refractivity contribution in [3.8, 4) is 67.0 Å². The molecule has 0 saturated heterocycles. The van der Waals surface area contributed by atoms with Crippen molar-refractivity contribution in [1.29, 1.82) is 0 Å². The number of rotatable bonds is 6. The van der Waals surface area contributed by atoms with Crippen molar-refractivity contribution in [2.45, 2.75) is 5.41 Å². The topological polar surface area (TPSA) is 16.4 Å². The maximum absolute atomic E-state index is 5.78. The Hall–Kier alpha value is -8.50. The molecule has 0 N–H and O–H groups in total. The fourth-order valence-corrected chi connectivity index (χ4v) is 12.5.